The maximum absolute atomic E-state index is 8.87. The van der Waals surface area contributed by atoms with Gasteiger partial charge in [-0.2, -0.15) is 5.26 Å². The zero-order valence-corrected chi connectivity index (χ0v) is 9.95. The third-order valence-corrected chi connectivity index (χ3v) is 2.01. The highest BCUT2D eigenvalue weighted by molar-refractivity contribution is 5.38. The van der Waals surface area contributed by atoms with Crippen molar-refractivity contribution in [2.45, 2.75) is 26.8 Å². The van der Waals surface area contributed by atoms with E-state index in [1.165, 1.54) is 0 Å². The summed E-state index contributed by atoms with van der Waals surface area (Å²) >= 11 is 0. The molecule has 1 heterocycles. The quantitative estimate of drug-likeness (QED) is 0.765. The van der Waals surface area contributed by atoms with Gasteiger partial charge in [-0.3, -0.25) is 0 Å². The molecule has 1 rings (SSSR count). The molecular weight excluding hydrogens is 202 g/mol. The van der Waals surface area contributed by atoms with Crippen LogP contribution >= 0.6 is 0 Å². The van der Waals surface area contributed by atoms with E-state index in [-0.39, 0.29) is 0 Å². The highest BCUT2D eigenvalue weighted by Gasteiger charge is 2.04. The van der Waals surface area contributed by atoms with E-state index in [1.807, 2.05) is 6.92 Å². The van der Waals surface area contributed by atoms with Crippen molar-refractivity contribution in [3.05, 3.63) is 23.4 Å². The van der Waals surface area contributed by atoms with E-state index in [0.717, 1.165) is 12.2 Å². The molecule has 0 aliphatic rings. The second-order valence-electron chi connectivity index (χ2n) is 3.87. The zero-order chi connectivity index (χ0) is 12.0. The molecule has 0 aromatic carbocycles. The number of rotatable bonds is 5. The number of pyridine rings is 1. The summed E-state index contributed by atoms with van der Waals surface area (Å²) < 4.78 is 5.46. The predicted molar refractivity (Wildman–Crippen MR) is 62.3 cm³/mol. The predicted octanol–water partition coefficient (Wildman–Crippen LogP) is 1.64. The van der Waals surface area contributed by atoms with Crippen LogP contribution in [0.15, 0.2) is 12.1 Å². The lowest BCUT2D eigenvalue weighted by Gasteiger charge is -2.10. The van der Waals surface area contributed by atoms with Crippen LogP contribution in [0.3, 0.4) is 0 Å². The summed E-state index contributed by atoms with van der Waals surface area (Å²) in [7, 11) is 0. The molecule has 0 saturated carbocycles. The minimum Gasteiger partial charge on any atom is -0.475 e. The minimum atomic E-state index is 0.424. The van der Waals surface area contributed by atoms with Crippen molar-refractivity contribution in [3.8, 4) is 11.9 Å². The van der Waals surface area contributed by atoms with Gasteiger partial charge in [0.15, 0.2) is 0 Å². The minimum absolute atomic E-state index is 0.424. The van der Waals surface area contributed by atoms with Gasteiger partial charge in [0.05, 0.1) is 0 Å². The lowest BCUT2D eigenvalue weighted by atomic mass is 10.2. The second kappa shape index (κ2) is 6.09. The second-order valence-corrected chi connectivity index (χ2v) is 3.87. The Hall–Kier alpha value is -1.60. The van der Waals surface area contributed by atoms with Crippen molar-refractivity contribution < 1.29 is 4.74 Å². The van der Waals surface area contributed by atoms with Gasteiger partial charge in [0, 0.05) is 18.3 Å². The van der Waals surface area contributed by atoms with Gasteiger partial charge < -0.3 is 10.1 Å². The number of nitriles is 1. The van der Waals surface area contributed by atoms with Crippen LogP contribution in [-0.2, 0) is 0 Å². The van der Waals surface area contributed by atoms with Crippen molar-refractivity contribution in [1.29, 1.82) is 5.26 Å². The highest BCUT2D eigenvalue weighted by atomic mass is 16.5. The summed E-state index contributed by atoms with van der Waals surface area (Å²) in [6, 6.07) is 6.03. The first-order valence-electron chi connectivity index (χ1n) is 5.37. The Bertz CT molecular complexity index is 382. The summed E-state index contributed by atoms with van der Waals surface area (Å²) in [5.74, 6) is 0.424. The largest absolute Gasteiger partial charge is 0.475 e. The Morgan fingerprint density at radius 2 is 2.25 bits per heavy atom. The molecule has 1 aromatic heterocycles. The molecule has 0 aliphatic heterocycles. The van der Waals surface area contributed by atoms with E-state index >= 15 is 0 Å². The van der Waals surface area contributed by atoms with E-state index < -0.39 is 0 Å². The molecule has 0 bridgehead atoms. The van der Waals surface area contributed by atoms with Crippen LogP contribution in [-0.4, -0.2) is 24.2 Å². The average molecular weight is 219 g/mol. The summed E-state index contributed by atoms with van der Waals surface area (Å²) in [5.41, 5.74) is 1.33. The normalized spacial score (nSPS) is 10.2. The van der Waals surface area contributed by atoms with E-state index in [0.29, 0.717) is 24.1 Å². The van der Waals surface area contributed by atoms with E-state index in [1.54, 1.807) is 12.1 Å². The van der Waals surface area contributed by atoms with Crippen LogP contribution < -0.4 is 10.1 Å². The Balaban J connectivity index is 2.53. The van der Waals surface area contributed by atoms with Crippen LogP contribution in [0.4, 0.5) is 0 Å². The van der Waals surface area contributed by atoms with Gasteiger partial charge in [-0.05, 0) is 19.1 Å². The number of nitrogens with one attached hydrogen (secondary N) is 1. The molecule has 0 amide bonds. The average Bonchev–Trinajstić information content (AvgIpc) is 2.24. The third-order valence-electron chi connectivity index (χ3n) is 2.01. The molecule has 0 unspecified atom stereocenters. The van der Waals surface area contributed by atoms with Crippen molar-refractivity contribution in [2.24, 2.45) is 0 Å². The van der Waals surface area contributed by atoms with Gasteiger partial charge in [0.1, 0.15) is 18.2 Å². The number of hydrogen-bond acceptors (Lipinski definition) is 4. The molecule has 4 nitrogen and oxygen atoms in total. The summed E-state index contributed by atoms with van der Waals surface area (Å²) in [5, 5.41) is 12.1. The first-order valence-corrected chi connectivity index (χ1v) is 5.37. The Labute approximate surface area is 96.3 Å². The molecule has 1 aromatic rings. The van der Waals surface area contributed by atoms with E-state index in [9.17, 15) is 0 Å². The fourth-order valence-electron chi connectivity index (χ4n) is 1.22. The molecule has 0 spiro atoms. The number of ether oxygens (including phenoxy) is 1. The van der Waals surface area contributed by atoms with Crippen molar-refractivity contribution in [1.82, 2.24) is 10.3 Å². The summed E-state index contributed by atoms with van der Waals surface area (Å²) in [6.45, 7) is 7.29. The summed E-state index contributed by atoms with van der Waals surface area (Å²) in [4.78, 5) is 4.19. The smallest absolute Gasteiger partial charge is 0.231 e. The van der Waals surface area contributed by atoms with Crippen LogP contribution in [0.25, 0.3) is 0 Å². The van der Waals surface area contributed by atoms with Gasteiger partial charge in [-0.25, -0.2) is 4.98 Å². The molecule has 4 heteroatoms. The molecule has 16 heavy (non-hydrogen) atoms. The molecule has 0 fully saturated rings. The number of hydrogen-bond donors (Lipinski definition) is 1. The number of nitrogens with zero attached hydrogens (tertiary/aromatic N) is 2. The van der Waals surface area contributed by atoms with Gasteiger partial charge in [-0.1, -0.05) is 13.8 Å². The van der Waals surface area contributed by atoms with Gasteiger partial charge >= 0.3 is 0 Å². The molecule has 0 saturated heterocycles. The standard InChI is InChI=1S/C12H17N3O/c1-9(2)14-6-7-16-12-11(8-13)5-4-10(3)15-12/h4-5,9,14H,6-7H2,1-3H3. The van der Waals surface area contributed by atoms with Crippen LogP contribution in [0.5, 0.6) is 5.88 Å². The lowest BCUT2D eigenvalue weighted by Crippen LogP contribution is -2.27. The van der Waals surface area contributed by atoms with E-state index in [2.05, 4.69) is 30.2 Å². The maximum atomic E-state index is 8.87. The van der Waals surface area contributed by atoms with Crippen LogP contribution in [0, 0.1) is 18.3 Å². The van der Waals surface area contributed by atoms with Gasteiger partial charge in [0.2, 0.25) is 5.88 Å². The van der Waals surface area contributed by atoms with Crippen molar-refractivity contribution in [3.63, 3.8) is 0 Å². The van der Waals surface area contributed by atoms with E-state index in [4.69, 9.17) is 10.00 Å². The number of aromatic nitrogens is 1. The first kappa shape index (κ1) is 12.5. The topological polar surface area (TPSA) is 57.9 Å². The van der Waals surface area contributed by atoms with Gasteiger partial charge in [0.25, 0.3) is 0 Å². The third kappa shape index (κ3) is 3.87. The van der Waals surface area contributed by atoms with Crippen LogP contribution in [0.1, 0.15) is 25.1 Å². The maximum Gasteiger partial charge on any atom is 0.231 e. The van der Waals surface area contributed by atoms with Crippen LogP contribution in [0.2, 0.25) is 0 Å². The molecular formula is C12H17N3O. The lowest BCUT2D eigenvalue weighted by molar-refractivity contribution is 0.296. The fraction of sp³-hybridized carbons (Fsp3) is 0.500. The molecule has 0 atom stereocenters. The van der Waals surface area contributed by atoms with Crippen molar-refractivity contribution >= 4 is 0 Å². The van der Waals surface area contributed by atoms with Crippen molar-refractivity contribution in [2.75, 3.05) is 13.2 Å². The SMILES string of the molecule is Cc1ccc(C#N)c(OCCNC(C)C)n1. The Morgan fingerprint density at radius 3 is 2.88 bits per heavy atom. The summed E-state index contributed by atoms with van der Waals surface area (Å²) in [6.07, 6.45) is 0. The highest BCUT2D eigenvalue weighted by Crippen LogP contribution is 2.14. The fourth-order valence-corrected chi connectivity index (χ4v) is 1.22. The molecule has 86 valence electrons. The van der Waals surface area contributed by atoms with Gasteiger partial charge in [-0.15, -0.1) is 0 Å². The number of aryl methyl sites for hydroxylation is 1. The Kier molecular flexibility index (Phi) is 4.74. The first-order chi connectivity index (χ1) is 7.63. The molecule has 1 N–H and O–H groups in total. The Morgan fingerprint density at radius 1 is 1.50 bits per heavy atom. The zero-order valence-electron chi connectivity index (χ0n) is 9.95. The molecule has 0 aliphatic carbocycles. The monoisotopic (exact) mass is 219 g/mol. The molecule has 0 radical (unpaired) electrons.